The maximum atomic E-state index is 5.56. The molecule has 1 aromatic heterocycles. The summed E-state index contributed by atoms with van der Waals surface area (Å²) in [5, 5.41) is 0. The number of aryl methyl sites for hydroxylation is 1. The first-order valence-corrected chi connectivity index (χ1v) is 6.52. The van der Waals surface area contributed by atoms with Gasteiger partial charge < -0.3 is 4.74 Å². The van der Waals surface area contributed by atoms with E-state index in [1.807, 2.05) is 42.5 Å². The maximum absolute atomic E-state index is 5.56. The molecule has 0 saturated carbocycles. The quantitative estimate of drug-likeness (QED) is 0.710. The molecule has 0 radical (unpaired) electrons. The van der Waals surface area contributed by atoms with E-state index in [4.69, 9.17) is 4.74 Å². The smallest absolute Gasteiger partial charge is 0.119 e. The monoisotopic (exact) mass is 244 g/mol. The van der Waals surface area contributed by atoms with Gasteiger partial charge >= 0.3 is 0 Å². The van der Waals surface area contributed by atoms with Gasteiger partial charge in [-0.05, 0) is 55.8 Å². The summed E-state index contributed by atoms with van der Waals surface area (Å²) in [6.07, 6.45) is 3.99. The zero-order valence-electron chi connectivity index (χ0n) is 10.1. The molecule has 2 rings (SSSR count). The lowest BCUT2D eigenvalue weighted by molar-refractivity contribution is 0.363. The fourth-order valence-electron chi connectivity index (χ4n) is 1.55. The lowest BCUT2D eigenvalue weighted by Crippen LogP contribution is -1.92. The molecule has 2 aromatic rings. The van der Waals surface area contributed by atoms with Crippen LogP contribution in [-0.2, 0) is 0 Å². The van der Waals surface area contributed by atoms with Crippen molar-refractivity contribution in [2.45, 2.75) is 13.8 Å². The molecule has 0 aliphatic rings. The van der Waals surface area contributed by atoms with Crippen molar-refractivity contribution in [2.75, 3.05) is 6.61 Å². The molecular formula is C15H16OS. The summed E-state index contributed by atoms with van der Waals surface area (Å²) in [5.41, 5.74) is 1.25. The minimum atomic E-state index is 0.633. The van der Waals surface area contributed by atoms with Gasteiger partial charge in [-0.3, -0.25) is 0 Å². The van der Waals surface area contributed by atoms with Crippen molar-refractivity contribution in [1.82, 2.24) is 0 Å². The van der Waals surface area contributed by atoms with E-state index in [0.717, 1.165) is 5.75 Å². The molecule has 17 heavy (non-hydrogen) atoms. The summed E-state index contributed by atoms with van der Waals surface area (Å²) < 4.78 is 5.56. The lowest BCUT2D eigenvalue weighted by atomic mass is 10.2. The molecule has 0 unspecified atom stereocenters. The molecular weight excluding hydrogens is 228 g/mol. The topological polar surface area (TPSA) is 9.23 Å². The molecule has 1 nitrogen and oxygen atoms in total. The summed E-state index contributed by atoms with van der Waals surface area (Å²) in [6.45, 7) is 4.75. The van der Waals surface area contributed by atoms with Gasteiger partial charge in [-0.1, -0.05) is 12.2 Å². The maximum Gasteiger partial charge on any atom is 0.119 e. The molecule has 1 aromatic carbocycles. The molecule has 0 atom stereocenters. The van der Waals surface area contributed by atoms with Crippen molar-refractivity contribution in [3.63, 3.8) is 0 Å². The van der Waals surface area contributed by atoms with Crippen LogP contribution in [0.5, 0.6) is 5.75 Å². The summed E-state index contributed by atoms with van der Waals surface area (Å²) in [6, 6.07) is 12.6. The van der Waals surface area contributed by atoms with Gasteiger partial charge in [0.15, 0.2) is 0 Å². The Hall–Kier alpha value is -1.54. The van der Waals surface area contributed by atoms with Gasteiger partial charge in [0, 0.05) is 9.75 Å². The molecule has 0 bridgehead atoms. The van der Waals surface area contributed by atoms with Crippen LogP contribution in [0.25, 0.3) is 10.4 Å². The Balaban J connectivity index is 2.07. The van der Waals surface area contributed by atoms with Crippen molar-refractivity contribution in [2.24, 2.45) is 0 Å². The molecule has 0 N–H and O–H groups in total. The average Bonchev–Trinajstić information content (AvgIpc) is 2.77. The number of allylic oxidation sites excluding steroid dienone is 1. The number of thiophene rings is 1. The van der Waals surface area contributed by atoms with Crippen molar-refractivity contribution in [1.29, 1.82) is 0 Å². The van der Waals surface area contributed by atoms with Crippen LogP contribution >= 0.6 is 11.3 Å². The van der Waals surface area contributed by atoms with E-state index in [1.165, 1.54) is 15.3 Å². The number of ether oxygens (including phenoxy) is 1. The minimum absolute atomic E-state index is 0.633. The van der Waals surface area contributed by atoms with Gasteiger partial charge in [0.25, 0.3) is 0 Å². The fraction of sp³-hybridized carbons (Fsp3) is 0.200. The highest BCUT2D eigenvalue weighted by Gasteiger charge is 2.00. The Morgan fingerprint density at radius 1 is 1.12 bits per heavy atom. The van der Waals surface area contributed by atoms with Gasteiger partial charge in [0.05, 0.1) is 0 Å². The number of hydrogen-bond acceptors (Lipinski definition) is 2. The van der Waals surface area contributed by atoms with E-state index in [9.17, 15) is 0 Å². The standard InChI is InChI=1S/C15H16OS/c1-3-4-11-16-14-8-6-13(7-9-14)15-10-5-12(2)17-15/h3-10H,11H2,1-2H3. The molecule has 88 valence electrons. The van der Waals surface area contributed by atoms with E-state index in [0.29, 0.717) is 6.61 Å². The molecule has 1 heterocycles. The number of rotatable bonds is 4. The second kappa shape index (κ2) is 5.69. The number of benzene rings is 1. The summed E-state index contributed by atoms with van der Waals surface area (Å²) in [7, 11) is 0. The van der Waals surface area contributed by atoms with Crippen LogP contribution in [0.1, 0.15) is 11.8 Å². The van der Waals surface area contributed by atoms with E-state index in [-0.39, 0.29) is 0 Å². The predicted molar refractivity (Wildman–Crippen MR) is 74.8 cm³/mol. The van der Waals surface area contributed by atoms with Gasteiger partial charge in [-0.2, -0.15) is 0 Å². The Morgan fingerprint density at radius 2 is 1.88 bits per heavy atom. The Bertz CT molecular complexity index is 494. The second-order valence-corrected chi connectivity index (χ2v) is 5.10. The largest absolute Gasteiger partial charge is 0.490 e. The zero-order chi connectivity index (χ0) is 12.1. The third-order valence-electron chi connectivity index (χ3n) is 2.46. The molecule has 0 spiro atoms. The Labute approximate surface area is 106 Å². The van der Waals surface area contributed by atoms with E-state index in [1.54, 1.807) is 0 Å². The fourth-order valence-corrected chi connectivity index (χ4v) is 2.42. The summed E-state index contributed by atoms with van der Waals surface area (Å²) in [4.78, 5) is 2.65. The van der Waals surface area contributed by atoms with Crippen LogP contribution in [0, 0.1) is 6.92 Å². The molecule has 0 fully saturated rings. The first-order valence-electron chi connectivity index (χ1n) is 5.70. The molecule has 0 aliphatic carbocycles. The van der Waals surface area contributed by atoms with Crippen LogP contribution in [-0.4, -0.2) is 6.61 Å². The highest BCUT2D eigenvalue weighted by Crippen LogP contribution is 2.28. The van der Waals surface area contributed by atoms with Gasteiger partial charge in [0.1, 0.15) is 12.4 Å². The van der Waals surface area contributed by atoms with E-state index >= 15 is 0 Å². The normalized spacial score (nSPS) is 10.9. The minimum Gasteiger partial charge on any atom is -0.490 e. The van der Waals surface area contributed by atoms with Crippen LogP contribution in [0.3, 0.4) is 0 Å². The molecule has 0 saturated heterocycles. The first-order chi connectivity index (χ1) is 8.29. The third-order valence-corrected chi connectivity index (χ3v) is 3.51. The zero-order valence-corrected chi connectivity index (χ0v) is 11.0. The van der Waals surface area contributed by atoms with E-state index in [2.05, 4.69) is 31.2 Å². The lowest BCUT2D eigenvalue weighted by Gasteiger charge is -2.03. The van der Waals surface area contributed by atoms with Crippen LogP contribution in [0.2, 0.25) is 0 Å². The predicted octanol–water partition coefficient (Wildman–Crippen LogP) is 4.68. The van der Waals surface area contributed by atoms with Crippen molar-refractivity contribution in [3.8, 4) is 16.2 Å². The van der Waals surface area contributed by atoms with Crippen molar-refractivity contribution < 1.29 is 4.74 Å². The molecule has 0 amide bonds. The van der Waals surface area contributed by atoms with Gasteiger partial charge in [-0.25, -0.2) is 0 Å². The summed E-state index contributed by atoms with van der Waals surface area (Å²) >= 11 is 1.82. The third kappa shape index (κ3) is 3.21. The highest BCUT2D eigenvalue weighted by atomic mass is 32.1. The second-order valence-electron chi connectivity index (χ2n) is 3.81. The van der Waals surface area contributed by atoms with Crippen LogP contribution in [0.15, 0.2) is 48.6 Å². The SMILES string of the molecule is CC=CCOc1ccc(-c2ccc(C)s2)cc1. The van der Waals surface area contributed by atoms with Crippen molar-refractivity contribution in [3.05, 3.63) is 53.4 Å². The highest BCUT2D eigenvalue weighted by molar-refractivity contribution is 7.15. The Morgan fingerprint density at radius 3 is 2.47 bits per heavy atom. The summed E-state index contributed by atoms with van der Waals surface area (Å²) in [5.74, 6) is 0.917. The van der Waals surface area contributed by atoms with Crippen LogP contribution in [0.4, 0.5) is 0 Å². The number of hydrogen-bond donors (Lipinski definition) is 0. The van der Waals surface area contributed by atoms with Crippen molar-refractivity contribution >= 4 is 11.3 Å². The average molecular weight is 244 g/mol. The first kappa shape index (κ1) is 11.9. The Kier molecular flexibility index (Phi) is 3.99. The molecule has 0 aliphatic heterocycles. The van der Waals surface area contributed by atoms with Crippen LogP contribution < -0.4 is 4.74 Å². The van der Waals surface area contributed by atoms with Gasteiger partial charge in [0.2, 0.25) is 0 Å². The van der Waals surface area contributed by atoms with E-state index < -0.39 is 0 Å². The molecule has 2 heteroatoms. The van der Waals surface area contributed by atoms with Gasteiger partial charge in [-0.15, -0.1) is 11.3 Å².